The predicted octanol–water partition coefficient (Wildman–Crippen LogP) is -1.36. The Morgan fingerprint density at radius 3 is 2.40 bits per heavy atom. The Morgan fingerprint density at radius 1 is 1.47 bits per heavy atom. The first kappa shape index (κ1) is 13.8. The highest BCUT2D eigenvalue weighted by Crippen LogP contribution is 1.99. The lowest BCUT2D eigenvalue weighted by Crippen LogP contribution is -2.32. The topological polar surface area (TPSA) is 127 Å². The normalized spacial score (nSPS) is 13.2. The summed E-state index contributed by atoms with van der Waals surface area (Å²) in [4.78, 5) is 21.2. The third kappa shape index (κ3) is 7.89. The average Bonchev–Trinajstić information content (AvgIpc) is 2.00. The summed E-state index contributed by atoms with van der Waals surface area (Å²) in [7, 11) is -3.54. The van der Waals surface area contributed by atoms with Crippen LogP contribution in [-0.4, -0.2) is 37.7 Å². The smallest absolute Gasteiger partial charge is 0.320 e. The van der Waals surface area contributed by atoms with Crippen LogP contribution in [-0.2, 0) is 19.6 Å². The Morgan fingerprint density at radius 2 is 2.00 bits per heavy atom. The number of carboxylic acid groups (broad SMARTS) is 1. The number of nitrogens with one attached hydrogen (secondary N) is 1. The summed E-state index contributed by atoms with van der Waals surface area (Å²) in [5, 5.41) is 8.41. The van der Waals surface area contributed by atoms with Crippen LogP contribution in [0.4, 0.5) is 0 Å². The maximum atomic E-state index is 10.9. The van der Waals surface area contributed by atoms with Crippen molar-refractivity contribution in [1.82, 2.24) is 4.72 Å². The highest BCUT2D eigenvalue weighted by molar-refractivity contribution is 7.89. The zero-order valence-corrected chi connectivity index (χ0v) is 9.08. The standard InChI is InChI=1S/C7H14N2O5S/c1-15(13,14)9-6(10)4-2-3-5(8)7(11)12/h5H,2-4,8H2,1H3,(H,9,10)(H,11,12)/t5-/m0/s1. The lowest BCUT2D eigenvalue weighted by atomic mass is 10.1. The third-order valence-corrected chi connectivity index (χ3v) is 2.13. The Balaban J connectivity index is 3.79. The van der Waals surface area contributed by atoms with Crippen LogP contribution in [0, 0.1) is 0 Å². The number of carbonyl (C=O) groups is 2. The summed E-state index contributed by atoms with van der Waals surface area (Å²) < 4.78 is 23.0. The highest BCUT2D eigenvalue weighted by atomic mass is 32.2. The lowest BCUT2D eigenvalue weighted by Gasteiger charge is -2.05. The average molecular weight is 238 g/mol. The zero-order valence-electron chi connectivity index (χ0n) is 8.26. The van der Waals surface area contributed by atoms with Crippen LogP contribution in [0.15, 0.2) is 0 Å². The summed E-state index contributed by atoms with van der Waals surface area (Å²) in [5.41, 5.74) is 5.18. The molecule has 7 nitrogen and oxygen atoms in total. The first-order chi connectivity index (χ1) is 6.72. The molecular weight excluding hydrogens is 224 g/mol. The quantitative estimate of drug-likeness (QED) is 0.524. The molecule has 0 saturated carbocycles. The summed E-state index contributed by atoms with van der Waals surface area (Å²) in [6.07, 6.45) is 1.17. The molecular formula is C7H14N2O5S. The summed E-state index contributed by atoms with van der Waals surface area (Å²) >= 11 is 0. The highest BCUT2D eigenvalue weighted by Gasteiger charge is 2.13. The Bertz CT molecular complexity index is 337. The van der Waals surface area contributed by atoms with Crippen molar-refractivity contribution in [1.29, 1.82) is 0 Å². The number of carbonyl (C=O) groups excluding carboxylic acids is 1. The molecule has 8 heteroatoms. The molecule has 0 spiro atoms. The molecule has 0 saturated heterocycles. The van der Waals surface area contributed by atoms with Crippen LogP contribution in [0.2, 0.25) is 0 Å². The van der Waals surface area contributed by atoms with Crippen LogP contribution in [0.25, 0.3) is 0 Å². The lowest BCUT2D eigenvalue weighted by molar-refractivity contribution is -0.138. The van der Waals surface area contributed by atoms with Gasteiger partial charge in [-0.25, -0.2) is 8.42 Å². The van der Waals surface area contributed by atoms with Gasteiger partial charge in [-0.05, 0) is 12.8 Å². The van der Waals surface area contributed by atoms with Gasteiger partial charge in [0.2, 0.25) is 15.9 Å². The van der Waals surface area contributed by atoms with Gasteiger partial charge in [0.1, 0.15) is 6.04 Å². The largest absolute Gasteiger partial charge is 0.480 e. The van der Waals surface area contributed by atoms with Crippen LogP contribution in [0.5, 0.6) is 0 Å². The second-order valence-electron chi connectivity index (χ2n) is 3.13. The Labute approximate surface area is 87.7 Å². The van der Waals surface area contributed by atoms with Gasteiger partial charge < -0.3 is 10.8 Å². The fourth-order valence-corrected chi connectivity index (χ4v) is 1.38. The molecule has 0 fully saturated rings. The van der Waals surface area contributed by atoms with Gasteiger partial charge in [0, 0.05) is 6.42 Å². The number of rotatable bonds is 6. The number of aliphatic carboxylic acids is 1. The summed E-state index contributed by atoms with van der Waals surface area (Å²) in [6.45, 7) is 0. The molecule has 0 bridgehead atoms. The second kappa shape index (κ2) is 5.66. The van der Waals surface area contributed by atoms with Crippen LogP contribution < -0.4 is 10.5 Å². The molecule has 0 aliphatic rings. The van der Waals surface area contributed by atoms with Gasteiger partial charge in [-0.2, -0.15) is 0 Å². The van der Waals surface area contributed by atoms with Gasteiger partial charge in [-0.3, -0.25) is 14.3 Å². The zero-order chi connectivity index (χ0) is 12.1. The molecule has 0 rings (SSSR count). The first-order valence-electron chi connectivity index (χ1n) is 4.21. The number of amides is 1. The third-order valence-electron chi connectivity index (χ3n) is 1.54. The fourth-order valence-electron chi connectivity index (χ4n) is 0.864. The summed E-state index contributed by atoms with van der Waals surface area (Å²) in [6, 6.07) is -1.02. The van der Waals surface area contributed by atoms with Gasteiger partial charge in [0.15, 0.2) is 0 Å². The second-order valence-corrected chi connectivity index (χ2v) is 4.88. The van der Waals surface area contributed by atoms with E-state index in [1.165, 1.54) is 0 Å². The van der Waals surface area contributed by atoms with Crippen LogP contribution in [0.1, 0.15) is 19.3 Å². The molecule has 1 atom stereocenters. The van der Waals surface area contributed by atoms with E-state index in [-0.39, 0.29) is 19.3 Å². The van der Waals surface area contributed by atoms with Crippen molar-refractivity contribution >= 4 is 21.9 Å². The molecule has 15 heavy (non-hydrogen) atoms. The molecule has 0 heterocycles. The number of sulfonamides is 1. The summed E-state index contributed by atoms with van der Waals surface area (Å²) in [5.74, 6) is -1.80. The monoisotopic (exact) mass is 238 g/mol. The van der Waals surface area contributed by atoms with Gasteiger partial charge in [0.25, 0.3) is 0 Å². The fraction of sp³-hybridized carbons (Fsp3) is 0.714. The number of hydrogen-bond donors (Lipinski definition) is 3. The van der Waals surface area contributed by atoms with E-state index in [0.29, 0.717) is 0 Å². The van der Waals surface area contributed by atoms with E-state index in [2.05, 4.69) is 0 Å². The Hall–Kier alpha value is -1.15. The molecule has 1 amide bonds. The van der Waals surface area contributed by atoms with Gasteiger partial charge in [-0.15, -0.1) is 0 Å². The van der Waals surface area contributed by atoms with E-state index in [0.717, 1.165) is 6.26 Å². The van der Waals surface area contributed by atoms with Crippen molar-refractivity contribution in [2.75, 3.05) is 6.26 Å². The van der Waals surface area contributed by atoms with E-state index in [4.69, 9.17) is 10.8 Å². The van der Waals surface area contributed by atoms with E-state index >= 15 is 0 Å². The van der Waals surface area contributed by atoms with Crippen molar-refractivity contribution in [2.24, 2.45) is 5.73 Å². The number of nitrogens with two attached hydrogens (primary N) is 1. The molecule has 4 N–H and O–H groups in total. The van der Waals surface area contributed by atoms with Crippen LogP contribution in [0.3, 0.4) is 0 Å². The van der Waals surface area contributed by atoms with E-state index in [1.807, 2.05) is 0 Å². The van der Waals surface area contributed by atoms with Crippen molar-refractivity contribution < 1.29 is 23.1 Å². The maximum absolute atomic E-state index is 10.9. The van der Waals surface area contributed by atoms with Crippen molar-refractivity contribution in [3.63, 3.8) is 0 Å². The molecule has 0 aromatic rings. The minimum absolute atomic E-state index is 0.0615. The first-order valence-corrected chi connectivity index (χ1v) is 6.10. The molecule has 0 aromatic heterocycles. The van der Waals surface area contributed by atoms with Crippen molar-refractivity contribution in [3.05, 3.63) is 0 Å². The van der Waals surface area contributed by atoms with E-state index < -0.39 is 27.9 Å². The molecule has 0 radical (unpaired) electrons. The number of carboxylic acids is 1. The molecule has 0 aliphatic carbocycles. The van der Waals surface area contributed by atoms with Crippen molar-refractivity contribution in [3.8, 4) is 0 Å². The predicted molar refractivity (Wildman–Crippen MR) is 52.4 cm³/mol. The van der Waals surface area contributed by atoms with Gasteiger partial charge in [-0.1, -0.05) is 0 Å². The van der Waals surface area contributed by atoms with E-state index in [9.17, 15) is 18.0 Å². The minimum atomic E-state index is -3.54. The number of hydrogen-bond acceptors (Lipinski definition) is 5. The van der Waals surface area contributed by atoms with E-state index in [1.54, 1.807) is 4.72 Å². The van der Waals surface area contributed by atoms with Crippen LogP contribution >= 0.6 is 0 Å². The van der Waals surface area contributed by atoms with Gasteiger partial charge in [0.05, 0.1) is 6.26 Å². The molecule has 88 valence electrons. The minimum Gasteiger partial charge on any atom is -0.480 e. The maximum Gasteiger partial charge on any atom is 0.320 e. The van der Waals surface area contributed by atoms with Crippen molar-refractivity contribution in [2.45, 2.75) is 25.3 Å². The Kier molecular flexibility index (Phi) is 5.23. The SMILES string of the molecule is CS(=O)(=O)NC(=O)CCC[C@H](N)C(=O)O. The van der Waals surface area contributed by atoms with Gasteiger partial charge >= 0.3 is 5.97 Å². The molecule has 0 aliphatic heterocycles. The molecule has 0 unspecified atom stereocenters. The molecule has 0 aromatic carbocycles.